The summed E-state index contributed by atoms with van der Waals surface area (Å²) < 4.78 is 6.55. The van der Waals surface area contributed by atoms with E-state index in [0.29, 0.717) is 9.89 Å². The van der Waals surface area contributed by atoms with Crippen LogP contribution in [-0.4, -0.2) is 21.8 Å². The van der Waals surface area contributed by atoms with E-state index in [0.717, 1.165) is 17.4 Å². The van der Waals surface area contributed by atoms with E-state index in [1.165, 1.54) is 11.7 Å². The van der Waals surface area contributed by atoms with Crippen LogP contribution in [0.2, 0.25) is 0 Å². The number of pyridine rings is 1. The maximum Gasteiger partial charge on any atom is 0.275 e. The average molecular weight is 237 g/mol. The smallest absolute Gasteiger partial charge is 0.275 e. The Morgan fingerprint density at radius 1 is 1.75 bits per heavy atom. The first-order valence-corrected chi connectivity index (χ1v) is 5.13. The van der Waals surface area contributed by atoms with Crippen LogP contribution in [0.1, 0.15) is 0 Å². The second kappa shape index (κ2) is 3.83. The lowest BCUT2D eigenvalue weighted by Crippen LogP contribution is -2.18. The van der Waals surface area contributed by atoms with Crippen LogP contribution in [0.4, 0.5) is 0 Å². The van der Waals surface area contributed by atoms with E-state index in [9.17, 15) is 9.90 Å². The number of hydrogen-bond donors (Lipinski definition) is 1. The van der Waals surface area contributed by atoms with Crippen molar-refractivity contribution in [3.8, 4) is 17.0 Å². The van der Waals surface area contributed by atoms with Gasteiger partial charge in [-0.1, -0.05) is 11.3 Å². The van der Waals surface area contributed by atoms with Crippen molar-refractivity contribution in [2.24, 2.45) is 0 Å². The molecule has 6 nitrogen and oxygen atoms in total. The molecule has 0 amide bonds. The van der Waals surface area contributed by atoms with Crippen LogP contribution in [0.15, 0.2) is 10.9 Å². The standard InChI is InChI=1S/C9H7N3O3S/c1-15-9-11-8-7(16-9)5(13)4-6(14)12(8)3-2-10/h4,13H,3H2,1H3. The van der Waals surface area contributed by atoms with E-state index in [2.05, 4.69) is 4.98 Å². The third-order valence-electron chi connectivity index (χ3n) is 2.01. The zero-order valence-corrected chi connectivity index (χ0v) is 9.11. The van der Waals surface area contributed by atoms with Gasteiger partial charge in [0.2, 0.25) is 0 Å². The van der Waals surface area contributed by atoms with Crippen molar-refractivity contribution >= 4 is 21.7 Å². The van der Waals surface area contributed by atoms with Crippen molar-refractivity contribution in [1.29, 1.82) is 5.26 Å². The maximum absolute atomic E-state index is 11.5. The predicted molar refractivity (Wildman–Crippen MR) is 57.7 cm³/mol. The zero-order chi connectivity index (χ0) is 11.7. The summed E-state index contributed by atoms with van der Waals surface area (Å²) in [6.45, 7) is -0.109. The van der Waals surface area contributed by atoms with E-state index >= 15 is 0 Å². The van der Waals surface area contributed by atoms with E-state index in [1.54, 1.807) is 0 Å². The molecule has 1 N–H and O–H groups in total. The molecule has 2 aromatic heterocycles. The van der Waals surface area contributed by atoms with E-state index in [4.69, 9.17) is 10.00 Å². The summed E-state index contributed by atoms with van der Waals surface area (Å²) in [4.78, 5) is 15.5. The highest BCUT2D eigenvalue weighted by Crippen LogP contribution is 2.32. The quantitative estimate of drug-likeness (QED) is 0.830. The molecular weight excluding hydrogens is 230 g/mol. The Morgan fingerprint density at radius 3 is 3.12 bits per heavy atom. The van der Waals surface area contributed by atoms with Crippen molar-refractivity contribution in [2.75, 3.05) is 7.11 Å². The van der Waals surface area contributed by atoms with Crippen molar-refractivity contribution < 1.29 is 9.84 Å². The molecule has 0 unspecified atom stereocenters. The summed E-state index contributed by atoms with van der Waals surface area (Å²) in [5, 5.41) is 18.5. The highest BCUT2D eigenvalue weighted by Gasteiger charge is 2.14. The summed E-state index contributed by atoms with van der Waals surface area (Å²) in [7, 11) is 1.45. The maximum atomic E-state index is 11.5. The SMILES string of the molecule is COc1nc2c(s1)c(O)cc(=O)n2CC#N. The molecule has 7 heteroatoms. The molecule has 0 fully saturated rings. The van der Waals surface area contributed by atoms with Gasteiger partial charge in [0.25, 0.3) is 10.8 Å². The highest BCUT2D eigenvalue weighted by atomic mass is 32.1. The largest absolute Gasteiger partial charge is 0.506 e. The zero-order valence-electron chi connectivity index (χ0n) is 8.30. The van der Waals surface area contributed by atoms with Gasteiger partial charge < -0.3 is 9.84 Å². The van der Waals surface area contributed by atoms with Gasteiger partial charge in [-0.2, -0.15) is 10.2 Å². The Balaban J connectivity index is 2.83. The normalized spacial score (nSPS) is 10.2. The molecular formula is C9H7N3O3S. The Kier molecular flexibility index (Phi) is 2.50. The third kappa shape index (κ3) is 1.49. The van der Waals surface area contributed by atoms with Crippen molar-refractivity contribution in [3.63, 3.8) is 0 Å². The number of aromatic hydroxyl groups is 1. The van der Waals surface area contributed by atoms with Crippen molar-refractivity contribution in [2.45, 2.75) is 6.54 Å². The molecule has 0 aliphatic carbocycles. The number of thiazole rings is 1. The lowest BCUT2D eigenvalue weighted by atomic mass is 10.4. The van der Waals surface area contributed by atoms with Crippen molar-refractivity contribution in [3.05, 3.63) is 16.4 Å². The predicted octanol–water partition coefficient (Wildman–Crippen LogP) is 0.696. The number of ether oxygens (including phenoxy) is 1. The van der Waals surface area contributed by atoms with Gasteiger partial charge >= 0.3 is 0 Å². The second-order valence-electron chi connectivity index (χ2n) is 2.95. The molecule has 0 atom stereocenters. The van der Waals surface area contributed by atoms with Crippen LogP contribution in [0.5, 0.6) is 10.9 Å². The fraction of sp³-hybridized carbons (Fsp3) is 0.222. The molecule has 0 saturated carbocycles. The minimum absolute atomic E-state index is 0.109. The Hall–Kier alpha value is -2.07. The van der Waals surface area contributed by atoms with Gasteiger partial charge in [-0.05, 0) is 0 Å². The van der Waals surface area contributed by atoms with Gasteiger partial charge in [0.1, 0.15) is 17.0 Å². The number of fused-ring (bicyclic) bond motifs is 1. The van der Waals surface area contributed by atoms with Crippen LogP contribution in [0.25, 0.3) is 10.3 Å². The molecule has 16 heavy (non-hydrogen) atoms. The minimum Gasteiger partial charge on any atom is -0.506 e. The molecule has 0 aliphatic heterocycles. The molecule has 0 bridgehead atoms. The first-order valence-electron chi connectivity index (χ1n) is 4.31. The fourth-order valence-electron chi connectivity index (χ4n) is 1.32. The Bertz CT molecular complexity index is 638. The molecule has 0 saturated heterocycles. The van der Waals surface area contributed by atoms with Crippen LogP contribution in [0, 0.1) is 11.3 Å². The van der Waals surface area contributed by atoms with Gasteiger partial charge in [0.05, 0.1) is 13.2 Å². The first kappa shape index (κ1) is 10.4. The molecule has 0 aliphatic rings. The molecule has 0 spiro atoms. The number of nitrogens with zero attached hydrogens (tertiary/aromatic N) is 3. The number of rotatable bonds is 2. The number of hydrogen-bond acceptors (Lipinski definition) is 6. The average Bonchev–Trinajstić information content (AvgIpc) is 2.68. The first-order chi connectivity index (χ1) is 7.67. The van der Waals surface area contributed by atoms with Crippen LogP contribution in [-0.2, 0) is 6.54 Å². The lowest BCUT2D eigenvalue weighted by molar-refractivity contribution is 0.412. The van der Waals surface area contributed by atoms with Crippen LogP contribution < -0.4 is 10.3 Å². The molecule has 0 aromatic carbocycles. The van der Waals surface area contributed by atoms with Gasteiger partial charge in [-0.3, -0.25) is 9.36 Å². The van der Waals surface area contributed by atoms with E-state index < -0.39 is 5.56 Å². The number of nitriles is 1. The molecule has 2 aromatic rings. The summed E-state index contributed by atoms with van der Waals surface area (Å²) >= 11 is 1.12. The third-order valence-corrected chi connectivity index (χ3v) is 3.04. The lowest BCUT2D eigenvalue weighted by Gasteiger charge is -2.01. The fourth-order valence-corrected chi connectivity index (χ4v) is 2.12. The van der Waals surface area contributed by atoms with E-state index in [1.807, 2.05) is 6.07 Å². The highest BCUT2D eigenvalue weighted by molar-refractivity contribution is 7.20. The minimum atomic E-state index is -0.459. The molecule has 82 valence electrons. The summed E-state index contributed by atoms with van der Waals surface area (Å²) in [6.07, 6.45) is 0. The van der Waals surface area contributed by atoms with Gasteiger partial charge in [0, 0.05) is 6.07 Å². The van der Waals surface area contributed by atoms with Gasteiger partial charge in [-0.15, -0.1) is 0 Å². The monoisotopic (exact) mass is 237 g/mol. The van der Waals surface area contributed by atoms with Crippen molar-refractivity contribution in [1.82, 2.24) is 9.55 Å². The molecule has 2 heterocycles. The summed E-state index contributed by atoms with van der Waals surface area (Å²) in [5.41, 5.74) is -0.187. The number of aromatic nitrogens is 2. The Labute approximate surface area is 94.0 Å². The van der Waals surface area contributed by atoms with Gasteiger partial charge in [0.15, 0.2) is 5.65 Å². The summed E-state index contributed by atoms with van der Waals surface area (Å²) in [6, 6.07) is 2.94. The van der Waals surface area contributed by atoms with Crippen LogP contribution in [0.3, 0.4) is 0 Å². The molecule has 0 radical (unpaired) electrons. The molecule has 2 rings (SSSR count). The summed E-state index contributed by atoms with van der Waals surface area (Å²) in [5.74, 6) is -0.144. The second-order valence-corrected chi connectivity index (χ2v) is 3.91. The number of methoxy groups -OCH3 is 1. The van der Waals surface area contributed by atoms with Gasteiger partial charge in [-0.25, -0.2) is 0 Å². The Morgan fingerprint density at radius 2 is 2.50 bits per heavy atom. The van der Waals surface area contributed by atoms with E-state index in [-0.39, 0.29) is 17.9 Å². The van der Waals surface area contributed by atoms with Crippen LogP contribution >= 0.6 is 11.3 Å². The topological polar surface area (TPSA) is 88.1 Å².